The van der Waals surface area contributed by atoms with Crippen LogP contribution >= 0.6 is 0 Å². The third kappa shape index (κ3) is 6.47. The number of hydrazone groups is 1. The van der Waals surface area contributed by atoms with E-state index >= 15 is 0 Å². The molecule has 29 heavy (non-hydrogen) atoms. The lowest BCUT2D eigenvalue weighted by atomic mass is 10.2. The molecule has 0 radical (unpaired) electrons. The molecule has 0 aliphatic carbocycles. The van der Waals surface area contributed by atoms with Gasteiger partial charge in [0.2, 0.25) is 10.0 Å². The van der Waals surface area contributed by atoms with Crippen molar-refractivity contribution in [3.63, 3.8) is 0 Å². The number of methoxy groups -OCH3 is 2. The first-order valence-electron chi connectivity index (χ1n) is 8.66. The highest BCUT2D eigenvalue weighted by Crippen LogP contribution is 2.29. The van der Waals surface area contributed by atoms with Crippen LogP contribution in [-0.4, -0.2) is 47.9 Å². The van der Waals surface area contributed by atoms with Gasteiger partial charge in [0, 0.05) is 6.07 Å². The molecule has 0 unspecified atom stereocenters. The lowest BCUT2D eigenvalue weighted by Crippen LogP contribution is -2.34. The normalized spacial score (nSPS) is 11.3. The van der Waals surface area contributed by atoms with Crippen molar-refractivity contribution in [2.24, 2.45) is 5.10 Å². The molecule has 0 aliphatic rings. The van der Waals surface area contributed by atoms with E-state index in [1.165, 1.54) is 38.6 Å². The van der Waals surface area contributed by atoms with Crippen molar-refractivity contribution in [2.75, 3.05) is 27.4 Å². The molecule has 0 aromatic heterocycles. The summed E-state index contributed by atoms with van der Waals surface area (Å²) in [6, 6.07) is 11.2. The molecule has 0 bridgehead atoms. The Bertz CT molecular complexity index is 958. The van der Waals surface area contributed by atoms with E-state index < -0.39 is 22.5 Å². The Morgan fingerprint density at radius 1 is 1.07 bits per heavy atom. The van der Waals surface area contributed by atoms with Gasteiger partial charge in [-0.25, -0.2) is 18.6 Å². The van der Waals surface area contributed by atoms with Crippen molar-refractivity contribution in [1.82, 2.24) is 10.1 Å². The molecule has 0 saturated carbocycles. The number of benzene rings is 2. The first-order chi connectivity index (χ1) is 13.9. The molecule has 2 aromatic carbocycles. The zero-order valence-corrected chi connectivity index (χ0v) is 17.2. The summed E-state index contributed by atoms with van der Waals surface area (Å²) in [5.74, 6) is 0.780. The summed E-state index contributed by atoms with van der Waals surface area (Å²) in [5.41, 5.74) is 3.01. The van der Waals surface area contributed by atoms with Crippen molar-refractivity contribution in [3.8, 4) is 17.2 Å². The number of ether oxygens (including phenoxy) is 3. The van der Waals surface area contributed by atoms with Gasteiger partial charge in [-0.2, -0.15) is 5.10 Å². The molecule has 0 atom stereocenters. The molecule has 9 nitrogen and oxygen atoms in total. The number of hydrogen-bond acceptors (Lipinski definition) is 7. The highest BCUT2D eigenvalue weighted by atomic mass is 32.2. The Labute approximate surface area is 169 Å². The summed E-state index contributed by atoms with van der Waals surface area (Å²) >= 11 is 0. The fraction of sp³-hybridized carbons (Fsp3) is 0.263. The minimum absolute atomic E-state index is 0.0548. The van der Waals surface area contributed by atoms with Gasteiger partial charge < -0.3 is 14.2 Å². The maximum Gasteiger partial charge on any atom is 0.255 e. The van der Waals surface area contributed by atoms with E-state index in [4.69, 9.17) is 14.2 Å². The minimum Gasteiger partial charge on any atom is -0.494 e. The first kappa shape index (κ1) is 22.2. The second-order valence-electron chi connectivity index (χ2n) is 5.64. The van der Waals surface area contributed by atoms with Crippen LogP contribution in [0.1, 0.15) is 12.5 Å². The summed E-state index contributed by atoms with van der Waals surface area (Å²) in [5, 5.41) is 3.80. The fourth-order valence-electron chi connectivity index (χ4n) is 2.26. The Morgan fingerprint density at radius 2 is 1.76 bits per heavy atom. The number of nitrogens with zero attached hydrogens (tertiary/aromatic N) is 1. The van der Waals surface area contributed by atoms with Crippen LogP contribution in [0.3, 0.4) is 0 Å². The van der Waals surface area contributed by atoms with Gasteiger partial charge in [-0.15, -0.1) is 0 Å². The number of amides is 1. The average Bonchev–Trinajstić information content (AvgIpc) is 2.73. The molecular formula is C19H23N3O6S. The van der Waals surface area contributed by atoms with Gasteiger partial charge in [0.1, 0.15) is 5.75 Å². The van der Waals surface area contributed by atoms with E-state index in [1.807, 2.05) is 6.92 Å². The van der Waals surface area contributed by atoms with Crippen LogP contribution in [-0.2, 0) is 14.8 Å². The zero-order chi connectivity index (χ0) is 21.3. The van der Waals surface area contributed by atoms with Crippen LogP contribution in [0.2, 0.25) is 0 Å². The number of carbonyl (C=O) groups is 1. The smallest absolute Gasteiger partial charge is 0.255 e. The van der Waals surface area contributed by atoms with E-state index in [9.17, 15) is 13.2 Å². The van der Waals surface area contributed by atoms with Gasteiger partial charge in [0.25, 0.3) is 5.91 Å². The second-order valence-corrected chi connectivity index (χ2v) is 7.40. The molecule has 0 saturated heterocycles. The van der Waals surface area contributed by atoms with E-state index in [0.717, 1.165) is 11.3 Å². The summed E-state index contributed by atoms with van der Waals surface area (Å²) in [6.07, 6.45) is 1.44. The molecule has 0 fully saturated rings. The topological polar surface area (TPSA) is 115 Å². The molecule has 2 rings (SSSR count). The maximum absolute atomic E-state index is 12.3. The first-order valence-corrected chi connectivity index (χ1v) is 10.1. The highest BCUT2D eigenvalue weighted by Gasteiger charge is 2.18. The maximum atomic E-state index is 12.3. The number of sulfonamides is 1. The number of rotatable bonds is 10. The Hall–Kier alpha value is -3.11. The molecular weight excluding hydrogens is 398 g/mol. The fourth-order valence-corrected chi connectivity index (χ4v) is 3.26. The Balaban J connectivity index is 1.90. The van der Waals surface area contributed by atoms with Gasteiger partial charge in [-0.3, -0.25) is 4.79 Å². The van der Waals surface area contributed by atoms with Crippen molar-refractivity contribution in [3.05, 3.63) is 48.0 Å². The second kappa shape index (κ2) is 10.4. The van der Waals surface area contributed by atoms with Gasteiger partial charge >= 0.3 is 0 Å². The predicted molar refractivity (Wildman–Crippen MR) is 108 cm³/mol. The molecule has 0 heterocycles. The van der Waals surface area contributed by atoms with Gasteiger partial charge in [0.15, 0.2) is 11.5 Å². The Kier molecular flexibility index (Phi) is 7.98. The molecule has 156 valence electrons. The van der Waals surface area contributed by atoms with Crippen LogP contribution in [0, 0.1) is 0 Å². The lowest BCUT2D eigenvalue weighted by Gasteiger charge is -2.10. The van der Waals surface area contributed by atoms with E-state index in [1.54, 1.807) is 24.3 Å². The molecule has 1 amide bonds. The van der Waals surface area contributed by atoms with Gasteiger partial charge in [-0.1, -0.05) is 0 Å². The lowest BCUT2D eigenvalue weighted by molar-refractivity contribution is -0.119. The van der Waals surface area contributed by atoms with Gasteiger partial charge in [-0.05, 0) is 48.9 Å². The summed E-state index contributed by atoms with van der Waals surface area (Å²) < 4.78 is 42.4. The number of carbonyl (C=O) groups excluding carboxylic acids is 1. The van der Waals surface area contributed by atoms with Crippen LogP contribution in [0.15, 0.2) is 52.5 Å². The quantitative estimate of drug-likeness (QED) is 0.444. The van der Waals surface area contributed by atoms with Crippen molar-refractivity contribution in [1.29, 1.82) is 0 Å². The molecule has 10 heteroatoms. The third-order valence-electron chi connectivity index (χ3n) is 3.68. The average molecular weight is 421 g/mol. The van der Waals surface area contributed by atoms with Gasteiger partial charge in [0.05, 0.1) is 38.5 Å². The molecule has 2 N–H and O–H groups in total. The van der Waals surface area contributed by atoms with E-state index in [-0.39, 0.29) is 10.6 Å². The number of nitrogens with one attached hydrogen (secondary N) is 2. The third-order valence-corrected chi connectivity index (χ3v) is 5.08. The molecule has 0 spiro atoms. The van der Waals surface area contributed by atoms with Crippen molar-refractivity contribution in [2.45, 2.75) is 11.8 Å². The highest BCUT2D eigenvalue weighted by molar-refractivity contribution is 7.89. The molecule has 0 aliphatic heterocycles. The van der Waals surface area contributed by atoms with Crippen LogP contribution in [0.5, 0.6) is 17.2 Å². The van der Waals surface area contributed by atoms with Crippen LogP contribution in [0.25, 0.3) is 0 Å². The Morgan fingerprint density at radius 3 is 2.38 bits per heavy atom. The summed E-state index contributed by atoms with van der Waals surface area (Å²) in [6.45, 7) is 1.99. The minimum atomic E-state index is -3.91. The van der Waals surface area contributed by atoms with E-state index in [0.29, 0.717) is 12.4 Å². The largest absolute Gasteiger partial charge is 0.494 e. The molecule has 2 aromatic rings. The monoisotopic (exact) mass is 421 g/mol. The van der Waals surface area contributed by atoms with Crippen LogP contribution in [0.4, 0.5) is 0 Å². The SMILES string of the molecule is CCOc1ccc(/C=N\NC(=O)CNS(=O)(=O)c2ccc(OC)c(OC)c2)cc1. The summed E-state index contributed by atoms with van der Waals surface area (Å²) in [4.78, 5) is 11.8. The van der Waals surface area contributed by atoms with E-state index in [2.05, 4.69) is 15.2 Å². The summed E-state index contributed by atoms with van der Waals surface area (Å²) in [7, 11) is -1.07. The standard InChI is InChI=1S/C19H23N3O6S/c1-4-28-15-7-5-14(6-8-15)12-20-22-19(23)13-21-29(24,25)16-9-10-17(26-2)18(11-16)27-3/h5-12,21H,4,13H2,1-3H3,(H,22,23)/b20-12-. The van der Waals surface area contributed by atoms with Crippen LogP contribution < -0.4 is 24.4 Å². The zero-order valence-electron chi connectivity index (χ0n) is 16.3. The number of hydrogen-bond donors (Lipinski definition) is 2. The predicted octanol–water partition coefficient (Wildman–Crippen LogP) is 1.53. The van der Waals surface area contributed by atoms with Crippen molar-refractivity contribution < 1.29 is 27.4 Å². The van der Waals surface area contributed by atoms with Crippen molar-refractivity contribution >= 4 is 22.1 Å².